The van der Waals surface area contributed by atoms with Gasteiger partial charge in [-0.25, -0.2) is 0 Å². The summed E-state index contributed by atoms with van der Waals surface area (Å²) in [6, 6.07) is 12.5. The number of ether oxygens (including phenoxy) is 1. The van der Waals surface area contributed by atoms with Crippen molar-refractivity contribution in [3.63, 3.8) is 0 Å². The molecule has 13 atom stereocenters. The number of carbonyl (C=O) groups is 8. The summed E-state index contributed by atoms with van der Waals surface area (Å²) in [5.74, 6) is -10.2. The Hall–Kier alpha value is -7.83. The van der Waals surface area contributed by atoms with Gasteiger partial charge in [-0.3, -0.25) is 43.4 Å². The molecule has 5 aromatic rings. The van der Waals surface area contributed by atoms with Crippen molar-refractivity contribution >= 4 is 59.6 Å². The van der Waals surface area contributed by atoms with E-state index in [9.17, 15) is 79.4 Å². The minimum atomic E-state index is -2.23. The number of nitrogens with zero attached hydrogens (tertiary/aromatic N) is 4. The first kappa shape index (κ1) is 71.6. The van der Waals surface area contributed by atoms with E-state index in [0.717, 1.165) is 52.2 Å². The molecule has 3 aliphatic heterocycles. The second-order valence-corrected chi connectivity index (χ2v) is 22.6. The van der Waals surface area contributed by atoms with Crippen LogP contribution < -0.4 is 76.1 Å². The number of aliphatic hydroxyl groups excluding tert-OH is 6. The van der Waals surface area contributed by atoms with Crippen LogP contribution in [0, 0.1) is 5.92 Å². The normalized spacial score (nSPS) is 24.5. The predicted octanol–water partition coefficient (Wildman–Crippen LogP) is -5.44. The topological polar surface area (TPSA) is 470 Å². The number of hydrogen-bond acceptors (Lipinski definition) is 24. The maximum atomic E-state index is 14.7. The van der Waals surface area contributed by atoms with Crippen molar-refractivity contribution in [2.75, 3.05) is 26.2 Å². The van der Waals surface area contributed by atoms with E-state index in [1.807, 2.05) is 55.5 Å². The molecule has 14 N–H and O–H groups in total. The Bertz CT molecular complexity index is 3410. The number of aromatic hydroxyl groups is 1. The van der Waals surface area contributed by atoms with Gasteiger partial charge in [0.1, 0.15) is 42.0 Å². The summed E-state index contributed by atoms with van der Waals surface area (Å²) in [4.78, 5) is 115. The van der Waals surface area contributed by atoms with Crippen LogP contribution in [0.5, 0.6) is 17.2 Å². The van der Waals surface area contributed by atoms with Crippen LogP contribution in [0.3, 0.4) is 0 Å². The number of nitrogens with one attached hydrogen (secondary N) is 5. The Kier molecular flexibility index (Phi) is 25.4. The van der Waals surface area contributed by atoms with Crippen molar-refractivity contribution in [3.8, 4) is 51.3 Å². The maximum absolute atomic E-state index is 14.7. The van der Waals surface area contributed by atoms with E-state index in [1.165, 1.54) is 37.3 Å². The maximum Gasteiger partial charge on any atom is 1.00 e. The summed E-state index contributed by atoms with van der Waals surface area (Å²) in [5.41, 5.74) is 8.33. The second-order valence-electron chi connectivity index (χ2n) is 22.2. The van der Waals surface area contributed by atoms with Crippen LogP contribution in [0.2, 0.25) is 0 Å². The molecule has 33 heteroatoms. The summed E-state index contributed by atoms with van der Waals surface area (Å²) in [6.07, 6.45) is -12.9. The molecule has 0 saturated carbocycles. The van der Waals surface area contributed by atoms with Gasteiger partial charge in [-0.1, -0.05) is 44.2 Å². The van der Waals surface area contributed by atoms with Crippen LogP contribution in [-0.4, -0.2) is 202 Å². The molecule has 0 bridgehead atoms. The quantitative estimate of drug-likeness (QED) is 0.0121. The Balaban J connectivity index is 0.0000120. The standard InChI is InChI=1S/C59H70N10O21S.Na/c1-4-19-86-38-16-14-32(15-17-38)31-6-10-34(11-7-31)56-66-67-57(87-56)35-12-8-33(9-13-35)51(78)62-39-22-36(71)25-61-55(82)49-50(77)28(2)26-69(49)59(84)48(43(75)24-45(60)76)65-54(81)47(42(74)20-30-5-18-41(73)44(21-30)88-91-90-89-85)64-53(80)40-23-37(72)27-68(40)58(83)46(29(3)70)63-52(39)79;/h5-18,21,28-29,36-37,39-40,42-43,46-50,70-75,77,85H,4,19-20,22-27H2,1-3H3,(H2,60,76)(H,61,82)(H,62,78)(H,63,79)(H,64,80)(H,65,81);/q;+1/p-1/t28?,29?,36?,37?,39-,40?,42?,43?,46?,47?,48?,49?,50?;/m0./s1. The number of β-amino-alcohol motifs (C(OH)–C–C–N with tert-alkyl or cyclic N) is 1. The number of nitrogens with two attached hydrogens (primary N) is 1. The molecule has 4 heterocycles. The van der Waals surface area contributed by atoms with Crippen molar-refractivity contribution < 1.29 is 132 Å². The van der Waals surface area contributed by atoms with Gasteiger partial charge >= 0.3 is 29.6 Å². The number of primary amides is 1. The molecule has 12 unspecified atom stereocenters. The molecular weight excluding hydrogens is 1240 g/mol. The molecule has 0 radical (unpaired) electrons. The number of hydrogen-bond donors (Lipinski definition) is 13. The van der Waals surface area contributed by atoms with E-state index in [2.05, 4.69) is 46.2 Å². The van der Waals surface area contributed by atoms with E-state index in [0.29, 0.717) is 17.7 Å². The molecule has 8 amide bonds. The monoisotopic (exact) mass is 1310 g/mol. The van der Waals surface area contributed by atoms with Gasteiger partial charge in [-0.15, -0.1) is 14.5 Å². The molecule has 31 nitrogen and oxygen atoms in total. The van der Waals surface area contributed by atoms with Gasteiger partial charge in [0.2, 0.25) is 53.1 Å². The summed E-state index contributed by atoms with van der Waals surface area (Å²) >= 11 is -0.00923. The van der Waals surface area contributed by atoms with Crippen LogP contribution in [0.15, 0.2) is 95.4 Å². The summed E-state index contributed by atoms with van der Waals surface area (Å²) < 4.78 is 20.8. The molecule has 92 heavy (non-hydrogen) atoms. The van der Waals surface area contributed by atoms with Gasteiger partial charge in [-0.2, -0.15) is 0 Å². The number of fused-ring (bicyclic) bond motifs is 2. The summed E-state index contributed by atoms with van der Waals surface area (Å²) in [7, 11) is 0. The van der Waals surface area contributed by atoms with E-state index in [1.54, 1.807) is 0 Å². The van der Waals surface area contributed by atoms with Gasteiger partial charge in [0, 0.05) is 61.5 Å². The Morgan fingerprint density at radius 3 is 1.98 bits per heavy atom. The molecule has 0 aliphatic carbocycles. The number of amides is 8. The fourth-order valence-electron chi connectivity index (χ4n) is 10.6. The van der Waals surface area contributed by atoms with E-state index in [4.69, 9.17) is 19.1 Å². The Morgan fingerprint density at radius 2 is 1.36 bits per heavy atom. The third-order valence-electron chi connectivity index (χ3n) is 15.4. The predicted molar refractivity (Wildman–Crippen MR) is 314 cm³/mol. The molecule has 488 valence electrons. The van der Waals surface area contributed by atoms with Gasteiger partial charge < -0.3 is 96.5 Å². The van der Waals surface area contributed by atoms with Gasteiger partial charge in [-0.05, 0) is 90.7 Å². The van der Waals surface area contributed by atoms with Crippen LogP contribution in [0.4, 0.5) is 0 Å². The fourth-order valence-corrected chi connectivity index (χ4v) is 10.9. The Labute approximate surface area is 551 Å². The first-order chi connectivity index (χ1) is 43.4. The van der Waals surface area contributed by atoms with Crippen molar-refractivity contribution in [1.29, 1.82) is 0 Å². The molecule has 3 aliphatic rings. The first-order valence-electron chi connectivity index (χ1n) is 28.8. The number of benzene rings is 4. The van der Waals surface area contributed by atoms with E-state index in [-0.39, 0.29) is 70.5 Å². The SMILES string of the molecule is CCCOc1ccc(-c2ccc(-c3nnc(-c4ccc(C(=O)N[C@H]5CC(O)CNC(=O)C6C(O)C(C)CN6C(=O)C(C(O)CC(N)=O)NC(=O)C(C(O)Cc6ccc(O)c(OSOO[O-])c6)NC(=O)C6CC(O)CN6C(=O)C(C(C)O)NC5=O)cc4)o3)cc2)cc1.[Na+]. The van der Waals surface area contributed by atoms with Crippen molar-refractivity contribution in [2.24, 2.45) is 11.7 Å². The number of aliphatic hydroxyl groups is 6. The second kappa shape index (κ2) is 32.6. The van der Waals surface area contributed by atoms with Crippen molar-refractivity contribution in [1.82, 2.24) is 46.6 Å². The molecule has 8 rings (SSSR count). The number of rotatable bonds is 19. The van der Waals surface area contributed by atoms with E-state index < -0.39 is 177 Å². The molecule has 3 fully saturated rings. The molecular formula is C59H69N10NaO21S. The van der Waals surface area contributed by atoms with Gasteiger partial charge in [0.05, 0.1) is 49.7 Å². The average Bonchev–Trinajstić information content (AvgIpc) is 1.63. The number of carbonyl (C=O) groups excluding carboxylic acids is 8. The van der Waals surface area contributed by atoms with Crippen molar-refractivity contribution in [3.05, 3.63) is 102 Å². The zero-order valence-electron chi connectivity index (χ0n) is 50.2. The minimum absolute atomic E-state index is 0. The number of phenolic OH excluding ortho intramolecular Hbond substituents is 1. The zero-order chi connectivity index (χ0) is 65.8. The number of aromatic nitrogens is 2. The Morgan fingerprint density at radius 1 is 0.761 bits per heavy atom. The van der Waals surface area contributed by atoms with Gasteiger partial charge in [0.15, 0.2) is 11.5 Å². The first-order valence-corrected chi connectivity index (χ1v) is 29.5. The van der Waals surface area contributed by atoms with Crippen LogP contribution in [0.1, 0.15) is 62.4 Å². The largest absolute Gasteiger partial charge is 1.00 e. The minimum Gasteiger partial charge on any atom is -0.691 e. The molecule has 4 aromatic carbocycles. The third kappa shape index (κ3) is 17.8. The molecule has 1 aromatic heterocycles. The molecule has 0 spiro atoms. The van der Waals surface area contributed by atoms with Crippen molar-refractivity contribution in [2.45, 2.75) is 126 Å². The van der Waals surface area contributed by atoms with Crippen LogP contribution >= 0.6 is 12.3 Å². The summed E-state index contributed by atoms with van der Waals surface area (Å²) in [5, 5.41) is 112. The van der Waals surface area contributed by atoms with E-state index >= 15 is 0 Å². The van der Waals surface area contributed by atoms with Crippen LogP contribution in [0.25, 0.3) is 34.0 Å². The van der Waals surface area contributed by atoms with Gasteiger partial charge in [0.25, 0.3) is 18.2 Å². The average molecular weight is 1310 g/mol. The number of phenols is 1. The smallest absolute Gasteiger partial charge is 0.691 e. The third-order valence-corrected chi connectivity index (χ3v) is 15.8. The zero-order valence-corrected chi connectivity index (χ0v) is 53.0. The summed E-state index contributed by atoms with van der Waals surface area (Å²) in [6.45, 7) is 3.43. The van der Waals surface area contributed by atoms with Crippen LogP contribution in [-0.2, 0) is 49.4 Å². The molecule has 3 saturated heterocycles. The fraction of sp³-hybridized carbons (Fsp3) is 0.424.